The first-order chi connectivity index (χ1) is 6.95. The van der Waals surface area contributed by atoms with Crippen LogP contribution in [-0.2, 0) is 14.8 Å². The van der Waals surface area contributed by atoms with Crippen molar-refractivity contribution < 1.29 is 18.3 Å². The van der Waals surface area contributed by atoms with Crippen LogP contribution in [0, 0.1) is 5.92 Å². The molecule has 1 fully saturated rings. The third-order valence-electron chi connectivity index (χ3n) is 2.24. The molecule has 1 unspecified atom stereocenters. The van der Waals surface area contributed by atoms with Crippen molar-refractivity contribution in [1.29, 1.82) is 0 Å². The Hall–Kier alpha value is -0.170. The average molecular weight is 237 g/mol. The van der Waals surface area contributed by atoms with Crippen molar-refractivity contribution in [3.8, 4) is 0 Å². The zero-order valence-corrected chi connectivity index (χ0v) is 10.0. The number of ether oxygens (including phenoxy) is 1. The summed E-state index contributed by atoms with van der Waals surface area (Å²) in [5, 5.41) is 8.91. The second-order valence-electron chi connectivity index (χ2n) is 4.21. The predicted octanol–water partition coefficient (Wildman–Crippen LogP) is -0.335. The maximum Gasteiger partial charge on any atom is 0.214 e. The van der Waals surface area contributed by atoms with Gasteiger partial charge in [-0.1, -0.05) is 13.8 Å². The van der Waals surface area contributed by atoms with Crippen LogP contribution in [0.4, 0.5) is 0 Å². The van der Waals surface area contributed by atoms with Gasteiger partial charge in [-0.25, -0.2) is 8.42 Å². The highest BCUT2D eigenvalue weighted by Gasteiger charge is 2.29. The van der Waals surface area contributed by atoms with Crippen molar-refractivity contribution in [3.05, 3.63) is 0 Å². The maximum atomic E-state index is 11.8. The number of rotatable bonds is 4. The van der Waals surface area contributed by atoms with Crippen molar-refractivity contribution in [3.63, 3.8) is 0 Å². The molecule has 1 N–H and O–H groups in total. The second kappa shape index (κ2) is 5.25. The quantitative estimate of drug-likeness (QED) is 0.727. The molecule has 1 rings (SSSR count). The highest BCUT2D eigenvalue weighted by atomic mass is 32.2. The lowest BCUT2D eigenvalue weighted by Crippen LogP contribution is -2.48. The minimum atomic E-state index is -3.18. The van der Waals surface area contributed by atoms with E-state index in [9.17, 15) is 8.42 Å². The van der Waals surface area contributed by atoms with E-state index < -0.39 is 10.0 Å². The molecule has 5 nitrogen and oxygen atoms in total. The molecule has 1 atom stereocenters. The average Bonchev–Trinajstić information content (AvgIpc) is 2.16. The number of sulfonamides is 1. The van der Waals surface area contributed by atoms with Crippen LogP contribution in [0.5, 0.6) is 0 Å². The van der Waals surface area contributed by atoms with Crippen LogP contribution in [0.2, 0.25) is 0 Å². The van der Waals surface area contributed by atoms with Gasteiger partial charge in [0.05, 0.1) is 25.1 Å². The summed E-state index contributed by atoms with van der Waals surface area (Å²) in [7, 11) is -3.18. The zero-order chi connectivity index (χ0) is 11.5. The van der Waals surface area contributed by atoms with Crippen LogP contribution in [0.25, 0.3) is 0 Å². The van der Waals surface area contributed by atoms with Crippen molar-refractivity contribution in [2.45, 2.75) is 20.0 Å². The van der Waals surface area contributed by atoms with Gasteiger partial charge in [-0.3, -0.25) is 0 Å². The molecule has 1 aliphatic heterocycles. The van der Waals surface area contributed by atoms with Gasteiger partial charge in [0.25, 0.3) is 0 Å². The summed E-state index contributed by atoms with van der Waals surface area (Å²) in [6, 6.07) is 0. The summed E-state index contributed by atoms with van der Waals surface area (Å²) in [5.41, 5.74) is 0. The van der Waals surface area contributed by atoms with E-state index in [1.165, 1.54) is 4.31 Å². The van der Waals surface area contributed by atoms with Gasteiger partial charge in [0, 0.05) is 13.1 Å². The molecule has 0 aromatic rings. The molecule has 0 aromatic heterocycles. The second-order valence-corrected chi connectivity index (χ2v) is 6.22. The fraction of sp³-hybridized carbons (Fsp3) is 1.00. The van der Waals surface area contributed by atoms with Crippen LogP contribution in [0.15, 0.2) is 0 Å². The van der Waals surface area contributed by atoms with E-state index in [2.05, 4.69) is 0 Å². The SMILES string of the molecule is CC(C)CS(=O)(=O)N1CCOC(CO)C1. The van der Waals surface area contributed by atoms with Crippen LogP contribution in [0.1, 0.15) is 13.8 Å². The predicted molar refractivity (Wildman–Crippen MR) is 57.0 cm³/mol. The van der Waals surface area contributed by atoms with E-state index in [-0.39, 0.29) is 30.9 Å². The van der Waals surface area contributed by atoms with Crippen LogP contribution >= 0.6 is 0 Å². The monoisotopic (exact) mass is 237 g/mol. The number of aliphatic hydroxyl groups is 1. The molecular formula is C9H19NO4S. The van der Waals surface area contributed by atoms with Crippen LogP contribution in [-0.4, -0.2) is 56.0 Å². The summed E-state index contributed by atoms with van der Waals surface area (Å²) in [6.45, 7) is 4.65. The Bertz CT molecular complexity index is 288. The smallest absolute Gasteiger partial charge is 0.214 e. The van der Waals surface area contributed by atoms with E-state index in [0.717, 1.165) is 0 Å². The lowest BCUT2D eigenvalue weighted by Gasteiger charge is -2.31. The van der Waals surface area contributed by atoms with Gasteiger partial charge in [0.15, 0.2) is 0 Å². The normalized spacial score (nSPS) is 24.7. The van der Waals surface area contributed by atoms with Gasteiger partial charge in [0.2, 0.25) is 10.0 Å². The van der Waals surface area contributed by atoms with Gasteiger partial charge < -0.3 is 9.84 Å². The molecule has 6 heteroatoms. The fourth-order valence-corrected chi connectivity index (χ4v) is 3.38. The van der Waals surface area contributed by atoms with Crippen molar-refractivity contribution in [1.82, 2.24) is 4.31 Å². The lowest BCUT2D eigenvalue weighted by atomic mass is 10.3. The number of morpholine rings is 1. The first-order valence-electron chi connectivity index (χ1n) is 5.16. The van der Waals surface area contributed by atoms with Gasteiger partial charge in [-0.05, 0) is 5.92 Å². The summed E-state index contributed by atoms with van der Waals surface area (Å²) in [4.78, 5) is 0. The number of aliphatic hydroxyl groups excluding tert-OH is 1. The van der Waals surface area contributed by atoms with Gasteiger partial charge in [-0.2, -0.15) is 4.31 Å². The third-order valence-corrected chi connectivity index (χ3v) is 4.45. The Balaban J connectivity index is 2.62. The van der Waals surface area contributed by atoms with E-state index in [1.54, 1.807) is 0 Å². The van der Waals surface area contributed by atoms with E-state index >= 15 is 0 Å². The molecule has 1 saturated heterocycles. The van der Waals surface area contributed by atoms with Crippen LogP contribution < -0.4 is 0 Å². The Morgan fingerprint density at radius 2 is 2.20 bits per heavy atom. The summed E-state index contributed by atoms with van der Waals surface area (Å²) < 4.78 is 30.3. The van der Waals surface area contributed by atoms with Crippen molar-refractivity contribution in [2.24, 2.45) is 5.92 Å². The molecule has 0 aromatic carbocycles. The zero-order valence-electron chi connectivity index (χ0n) is 9.22. The summed E-state index contributed by atoms with van der Waals surface area (Å²) >= 11 is 0. The Morgan fingerprint density at radius 1 is 1.53 bits per heavy atom. The van der Waals surface area contributed by atoms with E-state index in [4.69, 9.17) is 9.84 Å². The summed E-state index contributed by atoms with van der Waals surface area (Å²) in [5.74, 6) is 0.274. The molecule has 90 valence electrons. The van der Waals surface area contributed by atoms with Gasteiger partial charge >= 0.3 is 0 Å². The van der Waals surface area contributed by atoms with Crippen LogP contribution in [0.3, 0.4) is 0 Å². The lowest BCUT2D eigenvalue weighted by molar-refractivity contribution is -0.0305. The number of nitrogens with zero attached hydrogens (tertiary/aromatic N) is 1. The standard InChI is InChI=1S/C9H19NO4S/c1-8(2)7-15(12,13)10-3-4-14-9(5-10)6-11/h8-9,11H,3-7H2,1-2H3. The minimum Gasteiger partial charge on any atom is -0.394 e. The molecule has 0 bridgehead atoms. The topological polar surface area (TPSA) is 66.8 Å². The number of hydrogen-bond donors (Lipinski definition) is 1. The van der Waals surface area contributed by atoms with Gasteiger partial charge in [-0.15, -0.1) is 0 Å². The molecule has 1 aliphatic rings. The van der Waals surface area contributed by atoms with E-state index in [0.29, 0.717) is 13.2 Å². The van der Waals surface area contributed by atoms with Crippen molar-refractivity contribution >= 4 is 10.0 Å². The Kier molecular flexibility index (Phi) is 4.51. The molecule has 0 saturated carbocycles. The third kappa shape index (κ3) is 3.71. The Morgan fingerprint density at radius 3 is 2.73 bits per heavy atom. The highest BCUT2D eigenvalue weighted by molar-refractivity contribution is 7.89. The highest BCUT2D eigenvalue weighted by Crippen LogP contribution is 2.12. The van der Waals surface area contributed by atoms with Crippen molar-refractivity contribution in [2.75, 3.05) is 32.1 Å². The first-order valence-corrected chi connectivity index (χ1v) is 6.77. The first kappa shape index (κ1) is 12.9. The summed E-state index contributed by atoms with van der Waals surface area (Å²) in [6.07, 6.45) is -0.374. The largest absolute Gasteiger partial charge is 0.394 e. The molecule has 0 spiro atoms. The fourth-order valence-electron chi connectivity index (χ4n) is 1.58. The Labute approximate surface area is 91.1 Å². The number of hydrogen-bond acceptors (Lipinski definition) is 4. The molecule has 0 aliphatic carbocycles. The molecule has 0 radical (unpaired) electrons. The van der Waals surface area contributed by atoms with Gasteiger partial charge in [0.1, 0.15) is 0 Å². The minimum absolute atomic E-state index is 0.116. The molecule has 0 amide bonds. The molecule has 15 heavy (non-hydrogen) atoms. The molecule has 1 heterocycles. The molecular weight excluding hydrogens is 218 g/mol. The maximum absolute atomic E-state index is 11.8. The van der Waals surface area contributed by atoms with E-state index in [1.807, 2.05) is 13.8 Å².